The van der Waals surface area contributed by atoms with Gasteiger partial charge in [0.15, 0.2) is 0 Å². The second-order valence-corrected chi connectivity index (χ2v) is 5.74. The first-order valence-electron chi connectivity index (χ1n) is 7.70. The summed E-state index contributed by atoms with van der Waals surface area (Å²) < 4.78 is 5.36. The Kier molecular flexibility index (Phi) is 4.38. The van der Waals surface area contributed by atoms with Gasteiger partial charge in [0.05, 0.1) is 0 Å². The van der Waals surface area contributed by atoms with Gasteiger partial charge < -0.3 is 15.1 Å². The van der Waals surface area contributed by atoms with Gasteiger partial charge in [-0.3, -0.25) is 9.59 Å². The predicted molar refractivity (Wildman–Crippen MR) is 91.5 cm³/mol. The van der Waals surface area contributed by atoms with E-state index in [1.54, 1.807) is 31.2 Å². The predicted octanol–water partition coefficient (Wildman–Crippen LogP) is 2.43. The van der Waals surface area contributed by atoms with Crippen molar-refractivity contribution >= 4 is 29.6 Å². The Labute approximate surface area is 144 Å². The quantitative estimate of drug-likeness (QED) is 0.661. The van der Waals surface area contributed by atoms with E-state index in [-0.39, 0.29) is 12.2 Å². The van der Waals surface area contributed by atoms with E-state index in [0.29, 0.717) is 17.2 Å². The van der Waals surface area contributed by atoms with Crippen molar-refractivity contribution in [3.8, 4) is 0 Å². The molecular formula is C18H17N3O4. The maximum Gasteiger partial charge on any atom is 0.329 e. The molecule has 2 N–H and O–H groups in total. The molecule has 3 rings (SSSR count). The molecule has 1 aromatic carbocycles. The number of hydrogen-bond donors (Lipinski definition) is 2. The van der Waals surface area contributed by atoms with E-state index in [4.69, 9.17) is 4.42 Å². The topological polar surface area (TPSA) is 91.7 Å². The van der Waals surface area contributed by atoms with Crippen molar-refractivity contribution in [3.63, 3.8) is 0 Å². The van der Waals surface area contributed by atoms with Crippen molar-refractivity contribution in [3.05, 3.63) is 59.2 Å². The summed E-state index contributed by atoms with van der Waals surface area (Å²) in [6, 6.07) is 10.0. The number of nitrogens with zero attached hydrogens (tertiary/aromatic N) is 1. The molecule has 128 valence electrons. The molecule has 4 amide bonds. The van der Waals surface area contributed by atoms with Crippen LogP contribution in [0.4, 0.5) is 10.5 Å². The summed E-state index contributed by atoms with van der Waals surface area (Å²) in [4.78, 5) is 37.2. The number of carbonyl (C=O) groups excluding carboxylic acids is 3. The zero-order chi connectivity index (χ0) is 18.0. The maximum atomic E-state index is 12.3. The van der Waals surface area contributed by atoms with Gasteiger partial charge in [0.25, 0.3) is 5.91 Å². The van der Waals surface area contributed by atoms with Gasteiger partial charge >= 0.3 is 6.03 Å². The van der Waals surface area contributed by atoms with Gasteiger partial charge in [0.1, 0.15) is 23.8 Å². The number of imide groups is 1. The minimum atomic E-state index is -0.640. The second-order valence-electron chi connectivity index (χ2n) is 5.74. The fourth-order valence-corrected chi connectivity index (χ4v) is 2.37. The lowest BCUT2D eigenvalue weighted by molar-refractivity contribution is -0.127. The van der Waals surface area contributed by atoms with Crippen molar-refractivity contribution in [2.75, 3.05) is 11.9 Å². The smallest absolute Gasteiger partial charge is 0.329 e. The Balaban J connectivity index is 1.67. The molecule has 0 unspecified atom stereocenters. The van der Waals surface area contributed by atoms with Crippen LogP contribution in [0.25, 0.3) is 6.08 Å². The summed E-state index contributed by atoms with van der Waals surface area (Å²) in [7, 11) is 0. The number of anilines is 1. The van der Waals surface area contributed by atoms with Gasteiger partial charge in [-0.05, 0) is 38.1 Å². The molecule has 2 heterocycles. The molecule has 0 radical (unpaired) electrons. The normalized spacial score (nSPS) is 15.6. The summed E-state index contributed by atoms with van der Waals surface area (Å²) in [5, 5.41) is 5.10. The molecule has 7 heteroatoms. The Morgan fingerprint density at radius 1 is 1.16 bits per heavy atom. The molecule has 0 saturated carbocycles. The fourth-order valence-electron chi connectivity index (χ4n) is 2.37. The molecule has 7 nitrogen and oxygen atoms in total. The average Bonchev–Trinajstić information content (AvgIpc) is 3.08. The lowest BCUT2D eigenvalue weighted by atomic mass is 10.2. The number of hydrogen-bond acceptors (Lipinski definition) is 4. The Hall–Kier alpha value is -3.35. The summed E-state index contributed by atoms with van der Waals surface area (Å²) >= 11 is 0. The zero-order valence-corrected chi connectivity index (χ0v) is 13.8. The molecule has 0 spiro atoms. The standard InChI is InChI=1S/C18H17N3O4/c1-11-3-6-13(7-4-11)19-16(22)10-21-17(23)15(20-18(21)24)9-14-8-5-12(2)25-14/h3-9H,10H2,1-2H3,(H,19,22)(H,20,24). The summed E-state index contributed by atoms with van der Waals surface area (Å²) in [6.07, 6.45) is 1.44. The van der Waals surface area contributed by atoms with Crippen molar-refractivity contribution < 1.29 is 18.8 Å². The number of carbonyl (C=O) groups is 3. The average molecular weight is 339 g/mol. The van der Waals surface area contributed by atoms with Crippen molar-refractivity contribution in [1.29, 1.82) is 0 Å². The van der Waals surface area contributed by atoms with Crippen LogP contribution >= 0.6 is 0 Å². The molecule has 0 atom stereocenters. The van der Waals surface area contributed by atoms with Crippen LogP contribution in [-0.2, 0) is 9.59 Å². The van der Waals surface area contributed by atoms with Crippen LogP contribution in [0.1, 0.15) is 17.1 Å². The molecule has 1 aromatic heterocycles. The van der Waals surface area contributed by atoms with E-state index in [1.807, 2.05) is 19.1 Å². The van der Waals surface area contributed by atoms with E-state index in [2.05, 4.69) is 10.6 Å². The van der Waals surface area contributed by atoms with E-state index in [1.165, 1.54) is 6.08 Å². The maximum absolute atomic E-state index is 12.3. The molecule has 1 fully saturated rings. The largest absolute Gasteiger partial charge is 0.462 e. The van der Waals surface area contributed by atoms with Gasteiger partial charge in [-0.1, -0.05) is 17.7 Å². The molecule has 0 aliphatic carbocycles. The van der Waals surface area contributed by atoms with Gasteiger partial charge in [-0.25, -0.2) is 9.69 Å². The molecule has 1 aliphatic rings. The number of furan rings is 1. The van der Waals surface area contributed by atoms with E-state index in [9.17, 15) is 14.4 Å². The SMILES string of the molecule is Cc1ccc(NC(=O)CN2C(=O)NC(=Cc3ccc(C)o3)C2=O)cc1. The first-order valence-corrected chi connectivity index (χ1v) is 7.70. The van der Waals surface area contributed by atoms with Crippen LogP contribution in [-0.4, -0.2) is 29.3 Å². The third kappa shape index (κ3) is 3.77. The zero-order valence-electron chi connectivity index (χ0n) is 13.8. The van der Waals surface area contributed by atoms with Gasteiger partial charge in [0, 0.05) is 11.8 Å². The van der Waals surface area contributed by atoms with Crippen LogP contribution in [0.3, 0.4) is 0 Å². The highest BCUT2D eigenvalue weighted by Crippen LogP contribution is 2.16. The Morgan fingerprint density at radius 2 is 1.88 bits per heavy atom. The molecule has 0 bridgehead atoms. The summed E-state index contributed by atoms with van der Waals surface area (Å²) in [6.45, 7) is 3.35. The monoisotopic (exact) mass is 339 g/mol. The second kappa shape index (κ2) is 6.64. The fraction of sp³-hybridized carbons (Fsp3) is 0.167. The van der Waals surface area contributed by atoms with Crippen molar-refractivity contribution in [2.24, 2.45) is 0 Å². The van der Waals surface area contributed by atoms with Gasteiger partial charge in [0.2, 0.25) is 5.91 Å². The summed E-state index contributed by atoms with van der Waals surface area (Å²) in [5.74, 6) is 0.116. The number of urea groups is 1. The van der Waals surface area contributed by atoms with Crippen molar-refractivity contribution in [2.45, 2.75) is 13.8 Å². The molecule has 25 heavy (non-hydrogen) atoms. The summed E-state index contributed by atoms with van der Waals surface area (Å²) in [5.41, 5.74) is 1.74. The highest BCUT2D eigenvalue weighted by atomic mass is 16.3. The van der Waals surface area contributed by atoms with Crippen LogP contribution in [0.5, 0.6) is 0 Å². The van der Waals surface area contributed by atoms with E-state index >= 15 is 0 Å². The number of rotatable bonds is 4. The van der Waals surface area contributed by atoms with Gasteiger partial charge in [-0.15, -0.1) is 0 Å². The minimum absolute atomic E-state index is 0.0717. The Bertz CT molecular complexity index is 865. The van der Waals surface area contributed by atoms with Crippen LogP contribution in [0.15, 0.2) is 46.5 Å². The lowest BCUT2D eigenvalue weighted by Crippen LogP contribution is -2.38. The highest BCUT2D eigenvalue weighted by molar-refractivity contribution is 6.15. The number of aryl methyl sites for hydroxylation is 2. The first-order chi connectivity index (χ1) is 11.9. The molecule has 1 saturated heterocycles. The van der Waals surface area contributed by atoms with Crippen LogP contribution in [0.2, 0.25) is 0 Å². The number of benzene rings is 1. The number of nitrogens with one attached hydrogen (secondary N) is 2. The van der Waals surface area contributed by atoms with E-state index in [0.717, 1.165) is 10.5 Å². The third-order valence-electron chi connectivity index (χ3n) is 3.65. The van der Waals surface area contributed by atoms with Crippen LogP contribution < -0.4 is 10.6 Å². The van der Waals surface area contributed by atoms with Crippen molar-refractivity contribution in [1.82, 2.24) is 10.2 Å². The molecule has 1 aliphatic heterocycles. The molecular weight excluding hydrogens is 322 g/mol. The highest BCUT2D eigenvalue weighted by Gasteiger charge is 2.35. The van der Waals surface area contributed by atoms with Gasteiger partial charge in [-0.2, -0.15) is 0 Å². The Morgan fingerprint density at radius 3 is 2.52 bits per heavy atom. The van der Waals surface area contributed by atoms with Crippen LogP contribution in [0, 0.1) is 13.8 Å². The molecule has 2 aromatic rings. The third-order valence-corrected chi connectivity index (χ3v) is 3.65. The number of amides is 4. The first kappa shape index (κ1) is 16.5. The lowest BCUT2D eigenvalue weighted by Gasteiger charge is -2.12. The van der Waals surface area contributed by atoms with E-state index < -0.39 is 17.8 Å². The minimum Gasteiger partial charge on any atom is -0.462 e.